The normalized spacial score (nSPS) is 11.3. The van der Waals surface area contributed by atoms with Gasteiger partial charge < -0.3 is 9.40 Å². The van der Waals surface area contributed by atoms with E-state index in [0.29, 0.717) is 0 Å². The number of furan rings is 1. The van der Waals surface area contributed by atoms with Crippen molar-refractivity contribution >= 4 is 22.3 Å². The first-order valence-corrected chi connectivity index (χ1v) is 7.70. The van der Waals surface area contributed by atoms with E-state index in [2.05, 4.69) is 37.0 Å². The second-order valence-corrected chi connectivity index (χ2v) is 6.04. The lowest BCUT2D eigenvalue weighted by molar-refractivity contribution is 0.626. The lowest BCUT2D eigenvalue weighted by Crippen LogP contribution is -1.79. The summed E-state index contributed by atoms with van der Waals surface area (Å²) in [6.07, 6.45) is 1.91. The molecule has 4 rings (SSSR count). The number of hydrogen-bond donors (Lipinski definition) is 1. The predicted molar refractivity (Wildman–Crippen MR) is 86.6 cm³/mol. The van der Waals surface area contributed by atoms with Gasteiger partial charge in [-0.2, -0.15) is 0 Å². The molecule has 0 amide bonds. The minimum atomic E-state index is 0.865. The van der Waals surface area contributed by atoms with Gasteiger partial charge in [0.2, 0.25) is 0 Å². The number of nitrogens with one attached hydrogen (secondary N) is 1. The van der Waals surface area contributed by atoms with Crippen LogP contribution in [0.5, 0.6) is 0 Å². The van der Waals surface area contributed by atoms with Gasteiger partial charge in [-0.15, -0.1) is 11.3 Å². The zero-order valence-corrected chi connectivity index (χ0v) is 12.6. The molecule has 4 aromatic rings. The number of thiazole rings is 1. The number of fused-ring (bicyclic) bond motifs is 1. The Balaban J connectivity index is 1.85. The molecular weight excluding hydrogens is 280 g/mol. The Labute approximate surface area is 126 Å². The summed E-state index contributed by atoms with van der Waals surface area (Å²) in [5.74, 6) is 0.865. The molecule has 104 valence electrons. The van der Waals surface area contributed by atoms with E-state index < -0.39 is 0 Å². The quantitative estimate of drug-likeness (QED) is 0.554. The highest BCUT2D eigenvalue weighted by Gasteiger charge is 2.16. The fraction of sp³-hybridized carbons (Fsp3) is 0.118. The Morgan fingerprint density at radius 2 is 2.10 bits per heavy atom. The van der Waals surface area contributed by atoms with Crippen molar-refractivity contribution in [2.75, 3.05) is 0 Å². The van der Waals surface area contributed by atoms with Gasteiger partial charge >= 0.3 is 0 Å². The Morgan fingerprint density at radius 1 is 1.19 bits per heavy atom. The third-order valence-corrected chi connectivity index (χ3v) is 4.53. The summed E-state index contributed by atoms with van der Waals surface area (Å²) in [5, 5.41) is 4.18. The van der Waals surface area contributed by atoms with Crippen LogP contribution in [0, 0.1) is 13.8 Å². The third kappa shape index (κ3) is 1.99. The summed E-state index contributed by atoms with van der Waals surface area (Å²) < 4.78 is 6.03. The minimum Gasteiger partial charge on any atom is -0.454 e. The molecule has 1 N–H and O–H groups in total. The van der Waals surface area contributed by atoms with Crippen LogP contribution in [-0.2, 0) is 0 Å². The van der Waals surface area contributed by atoms with Crippen LogP contribution in [0.3, 0.4) is 0 Å². The first kappa shape index (κ1) is 12.4. The van der Waals surface area contributed by atoms with Gasteiger partial charge in [-0.1, -0.05) is 12.1 Å². The lowest BCUT2D eigenvalue weighted by atomic mass is 10.1. The van der Waals surface area contributed by atoms with Crippen molar-refractivity contribution in [2.45, 2.75) is 13.8 Å². The number of H-pyrrole nitrogens is 1. The van der Waals surface area contributed by atoms with Crippen molar-refractivity contribution < 1.29 is 4.42 Å². The van der Waals surface area contributed by atoms with E-state index >= 15 is 0 Å². The molecule has 0 spiro atoms. The lowest BCUT2D eigenvalue weighted by Gasteiger charge is -1.92. The number of nitrogens with zero attached hydrogens (tertiary/aromatic N) is 1. The topological polar surface area (TPSA) is 41.8 Å². The number of rotatable bonds is 2. The average molecular weight is 294 g/mol. The molecule has 0 saturated heterocycles. The van der Waals surface area contributed by atoms with Gasteiger partial charge in [-0.3, -0.25) is 0 Å². The summed E-state index contributed by atoms with van der Waals surface area (Å²) in [4.78, 5) is 7.88. The minimum absolute atomic E-state index is 0.865. The van der Waals surface area contributed by atoms with Crippen molar-refractivity contribution in [3.8, 4) is 22.2 Å². The highest BCUT2D eigenvalue weighted by Crippen LogP contribution is 2.35. The molecule has 0 aliphatic rings. The Morgan fingerprint density at radius 3 is 2.90 bits per heavy atom. The van der Waals surface area contributed by atoms with E-state index in [9.17, 15) is 0 Å². The fourth-order valence-corrected chi connectivity index (χ4v) is 3.33. The molecule has 4 heteroatoms. The van der Waals surface area contributed by atoms with Gasteiger partial charge in [0, 0.05) is 22.5 Å². The van der Waals surface area contributed by atoms with Crippen molar-refractivity contribution in [1.29, 1.82) is 0 Å². The summed E-state index contributed by atoms with van der Waals surface area (Å²) >= 11 is 1.62. The Bertz CT molecular complexity index is 916. The number of aryl methyl sites for hydroxylation is 2. The van der Waals surface area contributed by atoms with Crippen LogP contribution in [0.15, 0.2) is 46.3 Å². The fourth-order valence-electron chi connectivity index (χ4n) is 2.54. The van der Waals surface area contributed by atoms with Crippen molar-refractivity contribution in [1.82, 2.24) is 9.97 Å². The molecule has 3 aromatic heterocycles. The molecule has 0 unspecified atom stereocenters. The van der Waals surface area contributed by atoms with E-state index in [-0.39, 0.29) is 0 Å². The number of hydrogen-bond acceptors (Lipinski definition) is 3. The van der Waals surface area contributed by atoms with Crippen LogP contribution >= 0.6 is 11.3 Å². The molecule has 21 heavy (non-hydrogen) atoms. The van der Waals surface area contributed by atoms with Crippen LogP contribution < -0.4 is 0 Å². The van der Waals surface area contributed by atoms with Crippen LogP contribution in [0.25, 0.3) is 33.1 Å². The standard InChI is InChI=1S/C17H14N2OS/c1-10-5-6-12-11(2)16(20-15(12)8-10)14-9-21-17(19-14)13-4-3-7-18-13/h3-9,18H,1-2H3. The molecule has 0 radical (unpaired) electrons. The van der Waals surface area contributed by atoms with Crippen LogP contribution in [0.2, 0.25) is 0 Å². The second kappa shape index (κ2) is 4.60. The summed E-state index contributed by atoms with van der Waals surface area (Å²) in [6, 6.07) is 10.3. The van der Waals surface area contributed by atoms with Gasteiger partial charge in [-0.05, 0) is 37.6 Å². The van der Waals surface area contributed by atoms with Gasteiger partial charge in [-0.25, -0.2) is 4.98 Å². The second-order valence-electron chi connectivity index (χ2n) is 5.18. The largest absolute Gasteiger partial charge is 0.454 e. The van der Waals surface area contributed by atoms with E-state index in [1.54, 1.807) is 11.3 Å². The molecule has 0 aliphatic carbocycles. The molecule has 3 heterocycles. The maximum Gasteiger partial charge on any atom is 0.157 e. The molecule has 0 aliphatic heterocycles. The smallest absolute Gasteiger partial charge is 0.157 e. The van der Waals surface area contributed by atoms with Gasteiger partial charge in [0.25, 0.3) is 0 Å². The van der Waals surface area contributed by atoms with Crippen molar-refractivity contribution in [3.63, 3.8) is 0 Å². The van der Waals surface area contributed by atoms with Gasteiger partial charge in [0.15, 0.2) is 5.76 Å². The van der Waals surface area contributed by atoms with Crippen LogP contribution in [0.1, 0.15) is 11.1 Å². The molecule has 0 bridgehead atoms. The number of aromatic nitrogens is 2. The zero-order valence-electron chi connectivity index (χ0n) is 11.8. The van der Waals surface area contributed by atoms with Gasteiger partial charge in [0.1, 0.15) is 16.3 Å². The molecule has 0 atom stereocenters. The highest BCUT2D eigenvalue weighted by molar-refractivity contribution is 7.13. The maximum atomic E-state index is 6.03. The van der Waals surface area contributed by atoms with Crippen LogP contribution in [-0.4, -0.2) is 9.97 Å². The Kier molecular flexibility index (Phi) is 2.72. The molecular formula is C17H14N2OS. The highest BCUT2D eigenvalue weighted by atomic mass is 32.1. The van der Waals surface area contributed by atoms with E-state index in [1.807, 2.05) is 23.7 Å². The van der Waals surface area contributed by atoms with Crippen molar-refractivity contribution in [3.05, 3.63) is 53.0 Å². The summed E-state index contributed by atoms with van der Waals surface area (Å²) in [7, 11) is 0. The Hall–Kier alpha value is -2.33. The zero-order chi connectivity index (χ0) is 14.4. The van der Waals surface area contributed by atoms with Gasteiger partial charge in [0.05, 0.1) is 5.69 Å². The molecule has 1 aromatic carbocycles. The molecule has 0 saturated carbocycles. The SMILES string of the molecule is Cc1ccc2c(C)c(-c3csc(-c4ccc[nH]4)n3)oc2c1. The summed E-state index contributed by atoms with van der Waals surface area (Å²) in [6.45, 7) is 4.16. The van der Waals surface area contributed by atoms with E-state index in [1.165, 1.54) is 5.56 Å². The average Bonchev–Trinajstić information content (AvgIpc) is 3.17. The number of aromatic amines is 1. The van der Waals surface area contributed by atoms with E-state index in [4.69, 9.17) is 9.40 Å². The first-order chi connectivity index (χ1) is 10.2. The first-order valence-electron chi connectivity index (χ1n) is 6.82. The van der Waals surface area contributed by atoms with E-state index in [0.717, 1.165) is 38.7 Å². The summed E-state index contributed by atoms with van der Waals surface area (Å²) in [5.41, 5.74) is 5.21. The third-order valence-electron chi connectivity index (χ3n) is 3.66. The van der Waals surface area contributed by atoms with Crippen LogP contribution in [0.4, 0.5) is 0 Å². The number of benzene rings is 1. The predicted octanol–water partition coefficient (Wildman–Crippen LogP) is 5.17. The molecule has 3 nitrogen and oxygen atoms in total. The maximum absolute atomic E-state index is 6.03. The monoisotopic (exact) mass is 294 g/mol. The van der Waals surface area contributed by atoms with Crippen molar-refractivity contribution in [2.24, 2.45) is 0 Å². The molecule has 0 fully saturated rings.